The van der Waals surface area contributed by atoms with Crippen LogP contribution in [0.2, 0.25) is 0 Å². The maximum Gasteiger partial charge on any atom is 0.260 e. The number of nitrogens with one attached hydrogen (secondary N) is 1. The van der Waals surface area contributed by atoms with Crippen LogP contribution in [-0.4, -0.2) is 65.0 Å². The second-order valence-corrected chi connectivity index (χ2v) is 7.52. The summed E-state index contributed by atoms with van der Waals surface area (Å²) in [6, 6.07) is 3.51. The van der Waals surface area contributed by atoms with Crippen molar-refractivity contribution in [1.29, 1.82) is 0 Å². The number of aromatic nitrogens is 2. The van der Waals surface area contributed by atoms with Crippen LogP contribution in [0.25, 0.3) is 11.4 Å². The molecule has 0 spiro atoms. The fourth-order valence-electron chi connectivity index (χ4n) is 3.78. The van der Waals surface area contributed by atoms with Crippen molar-refractivity contribution in [2.45, 2.75) is 32.0 Å². The van der Waals surface area contributed by atoms with E-state index in [2.05, 4.69) is 10.3 Å². The summed E-state index contributed by atoms with van der Waals surface area (Å²) in [5.41, 5.74) is 6.61. The molecule has 0 radical (unpaired) electrons. The van der Waals surface area contributed by atoms with E-state index in [9.17, 15) is 18.4 Å². The molecular formula is C20H22F2N6O3. The highest BCUT2D eigenvalue weighted by Gasteiger charge is 2.41. The van der Waals surface area contributed by atoms with Gasteiger partial charge in [-0.25, -0.2) is 18.6 Å². The second kappa shape index (κ2) is 7.92. The topological polar surface area (TPSA) is 106 Å². The van der Waals surface area contributed by atoms with Gasteiger partial charge in [0.15, 0.2) is 17.6 Å². The van der Waals surface area contributed by atoms with E-state index < -0.39 is 24.4 Å². The van der Waals surface area contributed by atoms with Gasteiger partial charge < -0.3 is 25.3 Å². The molecule has 4 rings (SSSR count). The minimum Gasteiger partial charge on any atom is -0.491 e. The zero-order chi connectivity index (χ0) is 22.3. The molecule has 11 heteroatoms. The average molecular weight is 432 g/mol. The maximum atomic E-state index is 13.6. The number of ether oxygens (including phenoxy) is 1. The Hall–Kier alpha value is -3.59. The molecule has 1 aromatic carbocycles. The fourth-order valence-corrected chi connectivity index (χ4v) is 3.78. The molecule has 2 atom stereocenters. The predicted molar refractivity (Wildman–Crippen MR) is 110 cm³/mol. The summed E-state index contributed by atoms with van der Waals surface area (Å²) in [5.74, 6) is 2.61. The fraction of sp³-hybridized carbons (Fsp3) is 0.400. The summed E-state index contributed by atoms with van der Waals surface area (Å²) in [6.07, 6.45) is -1.02. The van der Waals surface area contributed by atoms with Crippen LogP contribution in [0.1, 0.15) is 6.92 Å². The number of carbonyl (C=O) groups excluding carboxylic acids is 2. The van der Waals surface area contributed by atoms with Crippen molar-refractivity contribution in [3.63, 3.8) is 0 Å². The Bertz CT molecular complexity index is 1070. The first-order valence-electron chi connectivity index (χ1n) is 9.74. The standard InChI is InChI=1S/C20H22F2N6O3/c1-11(19(23)30)24-12-3-4-13-15(7-12)31-6-5-27-9-16(25-20(13)27)28-14(18(21)22)8-26(2)17(28)10-29/h3-4,7,9,11,14,18,24H,5-6,8H2,1-2H3,(H2,23,30)/t11?,14-/m0/s1. The Kier molecular flexibility index (Phi) is 5.28. The lowest BCUT2D eigenvalue weighted by Crippen LogP contribution is -2.36. The molecule has 9 nitrogen and oxygen atoms in total. The molecule has 2 aliphatic rings. The van der Waals surface area contributed by atoms with Gasteiger partial charge in [-0.05, 0) is 19.1 Å². The first-order chi connectivity index (χ1) is 14.8. The Morgan fingerprint density at radius 2 is 2.19 bits per heavy atom. The summed E-state index contributed by atoms with van der Waals surface area (Å²) in [5, 5.41) is 3.00. The number of primary amides is 1. The van der Waals surface area contributed by atoms with E-state index >= 15 is 0 Å². The molecule has 3 N–H and O–H groups in total. The highest BCUT2D eigenvalue weighted by atomic mass is 19.3. The van der Waals surface area contributed by atoms with Gasteiger partial charge in [0, 0.05) is 31.5 Å². The second-order valence-electron chi connectivity index (χ2n) is 7.52. The van der Waals surface area contributed by atoms with Gasteiger partial charge in [-0.1, -0.05) is 0 Å². The Morgan fingerprint density at radius 3 is 2.87 bits per heavy atom. The summed E-state index contributed by atoms with van der Waals surface area (Å²) >= 11 is 0. The number of hydrogen-bond donors (Lipinski definition) is 2. The third-order valence-corrected chi connectivity index (χ3v) is 5.40. The number of hydrogen-bond acceptors (Lipinski definition) is 7. The number of carbonyl (C=O) groups is 1. The van der Waals surface area contributed by atoms with Gasteiger partial charge in [-0.3, -0.25) is 9.69 Å². The monoisotopic (exact) mass is 432 g/mol. The van der Waals surface area contributed by atoms with Crippen molar-refractivity contribution in [3.05, 3.63) is 30.2 Å². The van der Waals surface area contributed by atoms with Crippen molar-refractivity contribution < 1.29 is 23.1 Å². The number of anilines is 2. The molecule has 1 amide bonds. The largest absolute Gasteiger partial charge is 0.491 e. The molecule has 1 unspecified atom stereocenters. The molecule has 2 aromatic rings. The number of rotatable bonds is 5. The third-order valence-electron chi connectivity index (χ3n) is 5.40. The van der Waals surface area contributed by atoms with Gasteiger partial charge >= 0.3 is 0 Å². The van der Waals surface area contributed by atoms with Gasteiger partial charge in [0.1, 0.15) is 30.3 Å². The smallest absolute Gasteiger partial charge is 0.260 e. The van der Waals surface area contributed by atoms with Crippen LogP contribution >= 0.6 is 0 Å². The quantitative estimate of drug-likeness (QED) is 0.686. The Labute approximate surface area is 177 Å². The van der Waals surface area contributed by atoms with E-state index in [1.54, 1.807) is 44.3 Å². The van der Waals surface area contributed by atoms with Crippen LogP contribution in [0.3, 0.4) is 0 Å². The zero-order valence-corrected chi connectivity index (χ0v) is 17.0. The third kappa shape index (κ3) is 3.68. The summed E-state index contributed by atoms with van der Waals surface area (Å²) in [6.45, 7) is 2.43. The van der Waals surface area contributed by atoms with E-state index in [0.717, 1.165) is 0 Å². The molecule has 0 aliphatic carbocycles. The number of likely N-dealkylation sites (N-methyl/N-ethyl adjacent to an activating group) is 1. The van der Waals surface area contributed by atoms with Crippen LogP contribution in [0.15, 0.2) is 30.2 Å². The van der Waals surface area contributed by atoms with Gasteiger partial charge in [-0.2, -0.15) is 0 Å². The van der Waals surface area contributed by atoms with Crippen molar-refractivity contribution >= 4 is 23.4 Å². The number of amides is 1. The molecule has 31 heavy (non-hydrogen) atoms. The number of fused-ring (bicyclic) bond motifs is 3. The highest BCUT2D eigenvalue weighted by Crippen LogP contribution is 2.38. The molecule has 3 heterocycles. The van der Waals surface area contributed by atoms with E-state index in [1.165, 1.54) is 9.80 Å². The molecule has 0 bridgehead atoms. The van der Waals surface area contributed by atoms with E-state index in [-0.39, 0.29) is 18.2 Å². The van der Waals surface area contributed by atoms with Crippen molar-refractivity contribution in [2.24, 2.45) is 5.73 Å². The Morgan fingerprint density at radius 1 is 1.42 bits per heavy atom. The number of benzene rings is 1. The molecule has 1 saturated heterocycles. The predicted octanol–water partition coefficient (Wildman–Crippen LogP) is 1.29. The lowest BCUT2D eigenvalue weighted by molar-refractivity contribution is -0.118. The molecule has 2 aliphatic heterocycles. The molecular weight excluding hydrogens is 410 g/mol. The number of alkyl halides is 2. The van der Waals surface area contributed by atoms with Crippen LogP contribution in [0.5, 0.6) is 5.75 Å². The lowest BCUT2D eigenvalue weighted by Gasteiger charge is -2.21. The van der Waals surface area contributed by atoms with Gasteiger partial charge in [-0.15, -0.1) is 0 Å². The summed E-state index contributed by atoms with van der Waals surface area (Å²) in [4.78, 5) is 30.0. The number of nitrogens with zero attached hydrogens (tertiary/aromatic N) is 4. The molecule has 0 saturated carbocycles. The van der Waals surface area contributed by atoms with Gasteiger partial charge in [0.25, 0.3) is 6.43 Å². The van der Waals surface area contributed by atoms with Crippen LogP contribution < -0.4 is 20.7 Å². The van der Waals surface area contributed by atoms with Crippen molar-refractivity contribution in [2.75, 3.05) is 30.4 Å². The SMILES string of the molecule is CC(Nc1ccc2c(c1)OCCn1cc(N3C(=C=O)N(C)C[C@H]3C(F)F)nc1-2)C(N)=O. The van der Waals surface area contributed by atoms with Crippen LogP contribution in [0, 0.1) is 0 Å². The van der Waals surface area contributed by atoms with E-state index in [1.807, 2.05) is 4.57 Å². The normalized spacial score (nSPS) is 18.7. The molecule has 1 aromatic heterocycles. The highest BCUT2D eigenvalue weighted by molar-refractivity contribution is 5.83. The number of imidazole rings is 1. The summed E-state index contributed by atoms with van der Waals surface area (Å²) < 4.78 is 34.9. The Balaban J connectivity index is 1.72. The lowest BCUT2D eigenvalue weighted by atomic mass is 10.1. The minimum absolute atomic E-state index is 0.00277. The van der Waals surface area contributed by atoms with E-state index in [0.29, 0.717) is 36.0 Å². The maximum absolute atomic E-state index is 13.6. The van der Waals surface area contributed by atoms with Gasteiger partial charge in [0.2, 0.25) is 5.91 Å². The van der Waals surface area contributed by atoms with Crippen molar-refractivity contribution in [3.8, 4) is 17.1 Å². The van der Waals surface area contributed by atoms with Gasteiger partial charge in [0.05, 0.1) is 12.1 Å². The molecule has 164 valence electrons. The van der Waals surface area contributed by atoms with E-state index in [4.69, 9.17) is 10.5 Å². The first-order valence-corrected chi connectivity index (χ1v) is 9.74. The van der Waals surface area contributed by atoms with Crippen LogP contribution in [-0.2, 0) is 16.1 Å². The van der Waals surface area contributed by atoms with Crippen LogP contribution in [0.4, 0.5) is 20.3 Å². The number of nitrogens with two attached hydrogens (primary N) is 1. The minimum atomic E-state index is -2.66. The number of halogens is 2. The first kappa shape index (κ1) is 20.7. The zero-order valence-electron chi connectivity index (χ0n) is 17.0. The summed E-state index contributed by atoms with van der Waals surface area (Å²) in [7, 11) is 1.57. The molecule has 1 fully saturated rings. The average Bonchev–Trinajstić information content (AvgIpc) is 3.24. The van der Waals surface area contributed by atoms with Crippen molar-refractivity contribution in [1.82, 2.24) is 14.5 Å².